The lowest BCUT2D eigenvalue weighted by atomic mass is 10.00. The monoisotopic (exact) mass is 388 g/mol. The van der Waals surface area contributed by atoms with Crippen molar-refractivity contribution in [1.29, 1.82) is 0 Å². The predicted octanol–water partition coefficient (Wildman–Crippen LogP) is 4.05. The topological polar surface area (TPSA) is 24.9 Å². The average Bonchev–Trinajstić information content (AvgIpc) is 2.41. The molecule has 1 atom stereocenters. The Morgan fingerprint density at radius 2 is 2.00 bits per heavy atom. The predicted molar refractivity (Wildman–Crippen MR) is 83.4 cm³/mol. The van der Waals surface area contributed by atoms with Crippen LogP contribution in [0.15, 0.2) is 36.7 Å². The van der Waals surface area contributed by atoms with E-state index in [4.69, 9.17) is 0 Å². The van der Waals surface area contributed by atoms with E-state index in [0.29, 0.717) is 0 Å². The highest BCUT2D eigenvalue weighted by Gasteiger charge is 2.17. The Hall–Kier alpha value is -1.08. The molecule has 0 aliphatic heterocycles. The van der Waals surface area contributed by atoms with Crippen LogP contribution in [0, 0.1) is 15.2 Å². The standard InChI is InChI=1S/C15H15F2IN2/c1-2-5-20-15(10-6-12(17)9-19-8-10)13-4-3-11(16)7-14(13)18/h3-4,6-9,15,20H,2,5H2,1H3. The largest absolute Gasteiger partial charge is 0.306 e. The summed E-state index contributed by atoms with van der Waals surface area (Å²) in [6, 6.07) is 5.90. The van der Waals surface area contributed by atoms with Crippen LogP contribution in [0.4, 0.5) is 8.78 Å². The normalized spacial score (nSPS) is 12.4. The van der Waals surface area contributed by atoms with Crippen molar-refractivity contribution >= 4 is 22.6 Å². The average molecular weight is 388 g/mol. The lowest BCUT2D eigenvalue weighted by Crippen LogP contribution is -2.24. The smallest absolute Gasteiger partial charge is 0.141 e. The van der Waals surface area contributed by atoms with Crippen LogP contribution in [0.1, 0.15) is 30.5 Å². The van der Waals surface area contributed by atoms with Gasteiger partial charge in [-0.3, -0.25) is 4.98 Å². The molecule has 2 aromatic rings. The zero-order valence-corrected chi connectivity index (χ0v) is 13.2. The van der Waals surface area contributed by atoms with E-state index in [1.54, 1.807) is 12.3 Å². The van der Waals surface area contributed by atoms with Gasteiger partial charge in [0.1, 0.15) is 11.6 Å². The molecule has 0 amide bonds. The first-order valence-electron chi connectivity index (χ1n) is 6.40. The molecule has 1 N–H and O–H groups in total. The molecule has 0 radical (unpaired) electrons. The Labute approximate surface area is 130 Å². The van der Waals surface area contributed by atoms with Crippen molar-refractivity contribution in [1.82, 2.24) is 10.3 Å². The molecule has 1 unspecified atom stereocenters. The van der Waals surface area contributed by atoms with Crippen molar-refractivity contribution < 1.29 is 8.78 Å². The molecular weight excluding hydrogens is 373 g/mol. The third-order valence-electron chi connectivity index (χ3n) is 2.93. The molecule has 1 heterocycles. The second-order valence-corrected chi connectivity index (χ2v) is 5.65. The molecule has 0 saturated heterocycles. The summed E-state index contributed by atoms with van der Waals surface area (Å²) in [5.74, 6) is -0.646. The van der Waals surface area contributed by atoms with E-state index in [0.717, 1.165) is 27.7 Å². The van der Waals surface area contributed by atoms with Crippen molar-refractivity contribution in [3.63, 3.8) is 0 Å². The maximum Gasteiger partial charge on any atom is 0.141 e. The molecule has 20 heavy (non-hydrogen) atoms. The molecule has 1 aromatic carbocycles. The van der Waals surface area contributed by atoms with Crippen molar-refractivity contribution in [3.8, 4) is 0 Å². The summed E-state index contributed by atoms with van der Waals surface area (Å²) in [5, 5.41) is 3.36. The SMILES string of the molecule is CCCNC(c1cncc(F)c1)c1ccc(F)cc1I. The Balaban J connectivity index is 2.41. The zero-order chi connectivity index (χ0) is 14.5. The fourth-order valence-corrected chi connectivity index (χ4v) is 2.81. The number of pyridine rings is 1. The van der Waals surface area contributed by atoms with Gasteiger partial charge in [0.25, 0.3) is 0 Å². The van der Waals surface area contributed by atoms with E-state index in [2.05, 4.69) is 39.8 Å². The summed E-state index contributed by atoms with van der Waals surface area (Å²) in [6.07, 6.45) is 3.77. The molecule has 0 bridgehead atoms. The fourth-order valence-electron chi connectivity index (χ4n) is 2.02. The first kappa shape index (κ1) is 15.3. The Kier molecular flexibility index (Phi) is 5.42. The maximum absolute atomic E-state index is 13.4. The number of benzene rings is 1. The summed E-state index contributed by atoms with van der Waals surface area (Å²) in [4.78, 5) is 3.89. The van der Waals surface area contributed by atoms with Crippen molar-refractivity contribution in [2.24, 2.45) is 0 Å². The minimum atomic E-state index is -0.372. The Morgan fingerprint density at radius 1 is 1.20 bits per heavy atom. The first-order chi connectivity index (χ1) is 9.61. The van der Waals surface area contributed by atoms with E-state index < -0.39 is 0 Å². The molecule has 106 valence electrons. The van der Waals surface area contributed by atoms with Crippen LogP contribution in [0.2, 0.25) is 0 Å². The van der Waals surface area contributed by atoms with Gasteiger partial charge in [0, 0.05) is 9.77 Å². The van der Waals surface area contributed by atoms with Gasteiger partial charge in [-0.05, 0) is 64.9 Å². The number of nitrogens with zero attached hydrogens (tertiary/aromatic N) is 1. The van der Waals surface area contributed by atoms with E-state index in [1.807, 2.05) is 0 Å². The minimum Gasteiger partial charge on any atom is -0.306 e. The highest BCUT2D eigenvalue weighted by molar-refractivity contribution is 14.1. The van der Waals surface area contributed by atoms with Gasteiger partial charge in [0.2, 0.25) is 0 Å². The third kappa shape index (κ3) is 3.73. The molecule has 5 heteroatoms. The van der Waals surface area contributed by atoms with Crippen LogP contribution in [-0.4, -0.2) is 11.5 Å². The van der Waals surface area contributed by atoms with Crippen LogP contribution in [0.25, 0.3) is 0 Å². The summed E-state index contributed by atoms with van der Waals surface area (Å²) >= 11 is 2.09. The second kappa shape index (κ2) is 7.08. The number of halogens is 3. The van der Waals surface area contributed by atoms with Gasteiger partial charge in [0.15, 0.2) is 0 Å². The van der Waals surface area contributed by atoms with E-state index in [-0.39, 0.29) is 17.7 Å². The molecule has 0 saturated carbocycles. The van der Waals surface area contributed by atoms with Gasteiger partial charge < -0.3 is 5.32 Å². The van der Waals surface area contributed by atoms with Gasteiger partial charge >= 0.3 is 0 Å². The number of hydrogen-bond donors (Lipinski definition) is 1. The lowest BCUT2D eigenvalue weighted by molar-refractivity contribution is 0.576. The molecule has 0 fully saturated rings. The Morgan fingerprint density at radius 3 is 2.65 bits per heavy atom. The summed E-state index contributed by atoms with van der Waals surface area (Å²) in [7, 11) is 0. The minimum absolute atomic E-state index is 0.189. The quantitative estimate of drug-likeness (QED) is 0.782. The van der Waals surface area contributed by atoms with Crippen LogP contribution in [-0.2, 0) is 0 Å². The van der Waals surface area contributed by atoms with Gasteiger partial charge in [-0.25, -0.2) is 8.78 Å². The molecule has 0 aliphatic rings. The first-order valence-corrected chi connectivity index (χ1v) is 7.48. The van der Waals surface area contributed by atoms with Crippen LogP contribution in [0.3, 0.4) is 0 Å². The van der Waals surface area contributed by atoms with E-state index in [9.17, 15) is 8.78 Å². The highest BCUT2D eigenvalue weighted by Crippen LogP contribution is 2.27. The van der Waals surface area contributed by atoms with Gasteiger partial charge in [-0.1, -0.05) is 13.0 Å². The van der Waals surface area contributed by atoms with Gasteiger partial charge in [-0.2, -0.15) is 0 Å². The molecule has 1 aromatic heterocycles. The lowest BCUT2D eigenvalue weighted by Gasteiger charge is -2.20. The maximum atomic E-state index is 13.4. The van der Waals surface area contributed by atoms with Crippen LogP contribution in [0.5, 0.6) is 0 Å². The zero-order valence-electron chi connectivity index (χ0n) is 11.0. The van der Waals surface area contributed by atoms with E-state index in [1.165, 1.54) is 24.4 Å². The summed E-state index contributed by atoms with van der Waals surface area (Å²) in [5.41, 5.74) is 1.66. The fraction of sp³-hybridized carbons (Fsp3) is 0.267. The molecule has 0 aliphatic carbocycles. The molecule has 2 rings (SSSR count). The van der Waals surface area contributed by atoms with E-state index >= 15 is 0 Å². The van der Waals surface area contributed by atoms with Crippen molar-refractivity contribution in [2.75, 3.05) is 6.54 Å². The number of hydrogen-bond acceptors (Lipinski definition) is 2. The summed E-state index contributed by atoms with van der Waals surface area (Å²) in [6.45, 7) is 2.85. The molecular formula is C15H15F2IN2. The van der Waals surface area contributed by atoms with Crippen LogP contribution < -0.4 is 5.32 Å². The van der Waals surface area contributed by atoms with Gasteiger partial charge in [0.05, 0.1) is 12.2 Å². The number of rotatable bonds is 5. The Bertz CT molecular complexity index is 590. The number of aromatic nitrogens is 1. The van der Waals surface area contributed by atoms with Crippen LogP contribution >= 0.6 is 22.6 Å². The molecule has 0 spiro atoms. The highest BCUT2D eigenvalue weighted by atomic mass is 127. The third-order valence-corrected chi connectivity index (χ3v) is 3.87. The second-order valence-electron chi connectivity index (χ2n) is 4.49. The number of nitrogens with one attached hydrogen (secondary N) is 1. The van der Waals surface area contributed by atoms with Gasteiger partial charge in [-0.15, -0.1) is 0 Å². The van der Waals surface area contributed by atoms with Crippen molar-refractivity contribution in [3.05, 3.63) is 63.0 Å². The molecule has 2 nitrogen and oxygen atoms in total. The van der Waals surface area contributed by atoms with Crippen molar-refractivity contribution in [2.45, 2.75) is 19.4 Å². The summed E-state index contributed by atoms with van der Waals surface area (Å²) < 4.78 is 27.4.